The Kier molecular flexibility index (Phi) is 4.32. The molecule has 1 heterocycles. The molecule has 0 fully saturated rings. The lowest BCUT2D eigenvalue weighted by Crippen LogP contribution is -2.19. The molecule has 0 bridgehead atoms. The van der Waals surface area contributed by atoms with Gasteiger partial charge in [0.2, 0.25) is 0 Å². The van der Waals surface area contributed by atoms with Crippen LogP contribution in [0.1, 0.15) is 28.5 Å². The second-order valence-electron chi connectivity index (χ2n) is 4.48. The lowest BCUT2D eigenvalue weighted by Gasteiger charge is -2.22. The van der Waals surface area contributed by atoms with Crippen LogP contribution in [0.3, 0.4) is 0 Å². The average Bonchev–Trinajstić information content (AvgIpc) is 2.90. The Balaban J connectivity index is 2.65. The normalized spacial score (nSPS) is 12.5. The standard InChI is InChI=1S/C15H18BrNO2/c1-9-8-11(16)10(2)13(15(9)18-4)14(17-3)12-6-5-7-19-12/h5-8,14,17H,1-4H3. The van der Waals surface area contributed by atoms with Crippen LogP contribution in [0.5, 0.6) is 5.75 Å². The van der Waals surface area contributed by atoms with Gasteiger partial charge in [-0.2, -0.15) is 0 Å². The molecular weight excluding hydrogens is 306 g/mol. The molecule has 19 heavy (non-hydrogen) atoms. The third-order valence-electron chi connectivity index (χ3n) is 3.32. The first-order chi connectivity index (χ1) is 9.10. The molecule has 3 nitrogen and oxygen atoms in total. The highest BCUT2D eigenvalue weighted by Crippen LogP contribution is 2.38. The fourth-order valence-corrected chi connectivity index (χ4v) is 2.94. The minimum absolute atomic E-state index is 0.0267. The maximum atomic E-state index is 5.59. The lowest BCUT2D eigenvalue weighted by atomic mass is 9.95. The Morgan fingerprint density at radius 3 is 2.63 bits per heavy atom. The smallest absolute Gasteiger partial charge is 0.127 e. The van der Waals surface area contributed by atoms with Crippen LogP contribution in [-0.4, -0.2) is 14.2 Å². The molecule has 2 rings (SSSR count). The average molecular weight is 324 g/mol. The second-order valence-corrected chi connectivity index (χ2v) is 5.34. The first-order valence-electron chi connectivity index (χ1n) is 6.14. The number of furan rings is 1. The first kappa shape index (κ1) is 14.2. The van der Waals surface area contributed by atoms with Crippen molar-refractivity contribution in [2.75, 3.05) is 14.2 Å². The van der Waals surface area contributed by atoms with E-state index in [1.165, 1.54) is 0 Å². The topological polar surface area (TPSA) is 34.4 Å². The van der Waals surface area contributed by atoms with Crippen molar-refractivity contribution in [3.8, 4) is 5.75 Å². The first-order valence-corrected chi connectivity index (χ1v) is 6.93. The highest BCUT2D eigenvalue weighted by Gasteiger charge is 2.23. The molecule has 0 saturated heterocycles. The highest BCUT2D eigenvalue weighted by atomic mass is 79.9. The van der Waals surface area contributed by atoms with Crippen molar-refractivity contribution in [2.24, 2.45) is 0 Å². The van der Waals surface area contributed by atoms with E-state index in [-0.39, 0.29) is 6.04 Å². The zero-order valence-corrected chi connectivity index (χ0v) is 13.2. The van der Waals surface area contributed by atoms with Crippen LogP contribution in [0.2, 0.25) is 0 Å². The van der Waals surface area contributed by atoms with Gasteiger partial charge >= 0.3 is 0 Å². The predicted octanol–water partition coefficient (Wildman–Crippen LogP) is 3.98. The summed E-state index contributed by atoms with van der Waals surface area (Å²) in [5.74, 6) is 1.78. The van der Waals surface area contributed by atoms with Gasteiger partial charge in [0.05, 0.1) is 19.4 Å². The van der Waals surface area contributed by atoms with Gasteiger partial charge in [0.15, 0.2) is 0 Å². The molecule has 0 saturated carbocycles. The van der Waals surface area contributed by atoms with E-state index in [1.54, 1.807) is 13.4 Å². The van der Waals surface area contributed by atoms with Crippen molar-refractivity contribution in [1.82, 2.24) is 5.32 Å². The Morgan fingerprint density at radius 2 is 2.11 bits per heavy atom. The molecule has 1 atom stereocenters. The minimum atomic E-state index is -0.0267. The molecule has 1 N–H and O–H groups in total. The Labute approximate surface area is 122 Å². The monoisotopic (exact) mass is 323 g/mol. The van der Waals surface area contributed by atoms with E-state index in [9.17, 15) is 0 Å². The van der Waals surface area contributed by atoms with Crippen LogP contribution in [0, 0.1) is 13.8 Å². The zero-order chi connectivity index (χ0) is 14.0. The number of hydrogen-bond acceptors (Lipinski definition) is 3. The zero-order valence-electron chi connectivity index (χ0n) is 11.6. The molecule has 0 radical (unpaired) electrons. The molecule has 102 valence electrons. The van der Waals surface area contributed by atoms with Crippen molar-refractivity contribution in [3.63, 3.8) is 0 Å². The quantitative estimate of drug-likeness (QED) is 0.924. The van der Waals surface area contributed by atoms with Crippen LogP contribution >= 0.6 is 15.9 Å². The fraction of sp³-hybridized carbons (Fsp3) is 0.333. The minimum Gasteiger partial charge on any atom is -0.496 e. The molecular formula is C15H18BrNO2. The summed E-state index contributed by atoms with van der Waals surface area (Å²) in [6.45, 7) is 4.12. The van der Waals surface area contributed by atoms with Gasteiger partial charge in [-0.05, 0) is 50.2 Å². The van der Waals surface area contributed by atoms with E-state index in [1.807, 2.05) is 26.1 Å². The highest BCUT2D eigenvalue weighted by molar-refractivity contribution is 9.10. The maximum absolute atomic E-state index is 5.59. The van der Waals surface area contributed by atoms with Gasteiger partial charge in [-0.15, -0.1) is 0 Å². The van der Waals surface area contributed by atoms with Crippen molar-refractivity contribution >= 4 is 15.9 Å². The number of methoxy groups -OCH3 is 1. The molecule has 0 aliphatic heterocycles. The summed E-state index contributed by atoms with van der Waals surface area (Å²) < 4.78 is 12.2. The number of aryl methyl sites for hydroxylation is 1. The van der Waals surface area contributed by atoms with Gasteiger partial charge in [-0.3, -0.25) is 0 Å². The molecule has 0 spiro atoms. The van der Waals surface area contributed by atoms with E-state index in [0.717, 1.165) is 32.7 Å². The van der Waals surface area contributed by atoms with E-state index in [4.69, 9.17) is 9.15 Å². The number of halogens is 1. The third-order valence-corrected chi connectivity index (χ3v) is 4.14. The molecule has 0 aliphatic rings. The van der Waals surface area contributed by atoms with E-state index >= 15 is 0 Å². The largest absolute Gasteiger partial charge is 0.496 e. The van der Waals surface area contributed by atoms with Crippen LogP contribution in [0.25, 0.3) is 0 Å². The molecule has 0 aliphatic carbocycles. The van der Waals surface area contributed by atoms with E-state index in [0.29, 0.717) is 0 Å². The van der Waals surface area contributed by atoms with Gasteiger partial charge < -0.3 is 14.5 Å². The Bertz CT molecular complexity index is 564. The van der Waals surface area contributed by atoms with Crippen molar-refractivity contribution in [2.45, 2.75) is 19.9 Å². The maximum Gasteiger partial charge on any atom is 0.127 e. The molecule has 4 heteroatoms. The molecule has 1 unspecified atom stereocenters. The summed E-state index contributed by atoms with van der Waals surface area (Å²) in [5, 5.41) is 3.30. The predicted molar refractivity (Wildman–Crippen MR) is 79.8 cm³/mol. The van der Waals surface area contributed by atoms with Gasteiger partial charge in [0, 0.05) is 10.0 Å². The van der Waals surface area contributed by atoms with Crippen LogP contribution < -0.4 is 10.1 Å². The van der Waals surface area contributed by atoms with Gasteiger partial charge in [-0.1, -0.05) is 15.9 Å². The van der Waals surface area contributed by atoms with E-state index < -0.39 is 0 Å². The number of rotatable bonds is 4. The molecule has 1 aromatic heterocycles. The number of nitrogens with one attached hydrogen (secondary N) is 1. The number of benzene rings is 1. The molecule has 2 aromatic rings. The Hall–Kier alpha value is -1.26. The van der Waals surface area contributed by atoms with Crippen molar-refractivity contribution < 1.29 is 9.15 Å². The van der Waals surface area contributed by atoms with Gasteiger partial charge in [-0.25, -0.2) is 0 Å². The SMILES string of the molecule is CNC(c1ccco1)c1c(C)c(Br)cc(C)c1OC. The van der Waals surface area contributed by atoms with Crippen LogP contribution in [-0.2, 0) is 0 Å². The molecule has 1 aromatic carbocycles. The van der Waals surface area contributed by atoms with Crippen LogP contribution in [0.4, 0.5) is 0 Å². The lowest BCUT2D eigenvalue weighted by molar-refractivity contribution is 0.393. The van der Waals surface area contributed by atoms with E-state index in [2.05, 4.69) is 34.2 Å². The summed E-state index contributed by atoms with van der Waals surface area (Å²) in [6.07, 6.45) is 1.69. The molecule has 0 amide bonds. The van der Waals surface area contributed by atoms with Crippen molar-refractivity contribution in [1.29, 1.82) is 0 Å². The third kappa shape index (κ3) is 2.55. The summed E-state index contributed by atoms with van der Waals surface area (Å²) in [5.41, 5.74) is 3.35. The van der Waals surface area contributed by atoms with Crippen molar-refractivity contribution in [3.05, 3.63) is 51.4 Å². The summed E-state index contributed by atoms with van der Waals surface area (Å²) in [7, 11) is 3.62. The summed E-state index contributed by atoms with van der Waals surface area (Å²) in [4.78, 5) is 0. The summed E-state index contributed by atoms with van der Waals surface area (Å²) in [6, 6.07) is 5.91. The Morgan fingerprint density at radius 1 is 1.37 bits per heavy atom. The van der Waals surface area contributed by atoms with Gasteiger partial charge in [0.25, 0.3) is 0 Å². The van der Waals surface area contributed by atoms with Gasteiger partial charge in [0.1, 0.15) is 11.5 Å². The van der Waals surface area contributed by atoms with Crippen LogP contribution in [0.15, 0.2) is 33.4 Å². The number of hydrogen-bond donors (Lipinski definition) is 1. The summed E-state index contributed by atoms with van der Waals surface area (Å²) >= 11 is 3.61. The fourth-order valence-electron chi connectivity index (χ4n) is 2.38. The number of ether oxygens (including phenoxy) is 1. The second kappa shape index (κ2) is 5.80.